The first-order valence-electron chi connectivity index (χ1n) is 8.42. The minimum Gasteiger partial charge on any atom is -0.504 e. The number of hydrogen-bond donors (Lipinski definition) is 2. The van der Waals surface area contributed by atoms with Crippen LogP contribution >= 0.6 is 0 Å². The number of phenols is 1. The summed E-state index contributed by atoms with van der Waals surface area (Å²) in [5.41, 5.74) is 2.09. The van der Waals surface area contributed by atoms with Gasteiger partial charge in [0.1, 0.15) is 0 Å². The van der Waals surface area contributed by atoms with Crippen molar-refractivity contribution in [2.75, 3.05) is 20.5 Å². The van der Waals surface area contributed by atoms with Crippen LogP contribution in [0.25, 0.3) is 0 Å². The molecule has 0 aliphatic carbocycles. The molecule has 1 heterocycles. The van der Waals surface area contributed by atoms with Crippen LogP contribution in [0.15, 0.2) is 36.4 Å². The van der Waals surface area contributed by atoms with E-state index in [4.69, 9.17) is 14.2 Å². The van der Waals surface area contributed by atoms with Crippen LogP contribution in [0.2, 0.25) is 0 Å². The molecule has 0 amide bonds. The number of fused-ring (bicyclic) bond motifs is 1. The zero-order valence-corrected chi connectivity index (χ0v) is 14.7. The van der Waals surface area contributed by atoms with Crippen molar-refractivity contribution in [3.63, 3.8) is 0 Å². The minimum atomic E-state index is 0.0196. The molecule has 5 nitrogen and oxygen atoms in total. The molecule has 134 valence electrons. The van der Waals surface area contributed by atoms with Crippen molar-refractivity contribution in [1.29, 1.82) is 0 Å². The molecule has 2 N–H and O–H groups in total. The average Bonchev–Trinajstić information content (AvgIpc) is 3.10. The number of aliphatic hydroxyl groups excluding tert-OH is 1. The van der Waals surface area contributed by atoms with E-state index in [1.807, 2.05) is 37.3 Å². The molecule has 1 unspecified atom stereocenters. The zero-order chi connectivity index (χ0) is 18.0. The van der Waals surface area contributed by atoms with Crippen LogP contribution in [0.5, 0.6) is 23.0 Å². The Morgan fingerprint density at radius 1 is 1.04 bits per heavy atom. The Bertz CT molecular complexity index is 732. The maximum absolute atomic E-state index is 9.91. The second kappa shape index (κ2) is 7.23. The van der Waals surface area contributed by atoms with Crippen molar-refractivity contribution >= 4 is 0 Å². The number of ether oxygens (including phenoxy) is 3. The highest BCUT2D eigenvalue weighted by atomic mass is 16.7. The van der Waals surface area contributed by atoms with Crippen molar-refractivity contribution < 1.29 is 24.4 Å². The fraction of sp³-hybridized carbons (Fsp3) is 0.400. The Hall–Kier alpha value is -2.40. The van der Waals surface area contributed by atoms with E-state index in [2.05, 4.69) is 6.92 Å². The van der Waals surface area contributed by atoms with Crippen molar-refractivity contribution in [2.45, 2.75) is 19.8 Å². The second-order valence-electron chi connectivity index (χ2n) is 6.54. The maximum atomic E-state index is 9.91. The Kier molecular flexibility index (Phi) is 5.04. The lowest BCUT2D eigenvalue weighted by molar-refractivity contribution is 0.173. The molecule has 0 radical (unpaired) electrons. The first-order chi connectivity index (χ1) is 12.0. The SMILES string of the molecule is COc1cc(C(c2ccc3c(c2)OCO3)[C@@H](C)[C@@H](C)CO)ccc1O. The maximum Gasteiger partial charge on any atom is 0.231 e. The molecule has 0 saturated heterocycles. The van der Waals surface area contributed by atoms with Crippen molar-refractivity contribution in [3.8, 4) is 23.0 Å². The molecule has 0 saturated carbocycles. The average molecular weight is 344 g/mol. The van der Waals surface area contributed by atoms with Gasteiger partial charge in [-0.1, -0.05) is 26.0 Å². The third-order valence-corrected chi connectivity index (χ3v) is 5.03. The normalized spacial score (nSPS) is 16.3. The second-order valence-corrected chi connectivity index (χ2v) is 6.54. The summed E-state index contributed by atoms with van der Waals surface area (Å²) in [4.78, 5) is 0. The van der Waals surface area contributed by atoms with Gasteiger partial charge in [0.2, 0.25) is 6.79 Å². The summed E-state index contributed by atoms with van der Waals surface area (Å²) in [5.74, 6) is 2.32. The van der Waals surface area contributed by atoms with Crippen LogP contribution in [0.3, 0.4) is 0 Å². The van der Waals surface area contributed by atoms with E-state index in [1.165, 1.54) is 7.11 Å². The monoisotopic (exact) mass is 344 g/mol. The molecule has 5 heteroatoms. The Balaban J connectivity index is 2.06. The quantitative estimate of drug-likeness (QED) is 0.839. The van der Waals surface area contributed by atoms with Crippen molar-refractivity contribution in [2.24, 2.45) is 11.8 Å². The lowest BCUT2D eigenvalue weighted by Crippen LogP contribution is -2.21. The predicted molar refractivity (Wildman–Crippen MR) is 94.5 cm³/mol. The van der Waals surface area contributed by atoms with Gasteiger partial charge in [-0.05, 0) is 47.2 Å². The third kappa shape index (κ3) is 3.37. The summed E-state index contributed by atoms with van der Waals surface area (Å²) in [7, 11) is 1.54. The van der Waals surface area contributed by atoms with Gasteiger partial charge in [-0.25, -0.2) is 0 Å². The highest BCUT2D eigenvalue weighted by Crippen LogP contribution is 2.42. The Morgan fingerprint density at radius 3 is 2.44 bits per heavy atom. The molecule has 0 fully saturated rings. The van der Waals surface area contributed by atoms with Crippen molar-refractivity contribution in [1.82, 2.24) is 0 Å². The van der Waals surface area contributed by atoms with Crippen molar-refractivity contribution in [3.05, 3.63) is 47.5 Å². The van der Waals surface area contributed by atoms with Gasteiger partial charge in [-0.3, -0.25) is 0 Å². The summed E-state index contributed by atoms with van der Waals surface area (Å²) in [6.07, 6.45) is 0. The van der Waals surface area contributed by atoms with Gasteiger partial charge in [0.25, 0.3) is 0 Å². The number of rotatable bonds is 6. The van der Waals surface area contributed by atoms with Gasteiger partial charge in [0, 0.05) is 12.5 Å². The smallest absolute Gasteiger partial charge is 0.231 e. The van der Waals surface area contributed by atoms with Gasteiger partial charge in [-0.15, -0.1) is 0 Å². The highest BCUT2D eigenvalue weighted by Gasteiger charge is 2.28. The minimum absolute atomic E-state index is 0.0196. The largest absolute Gasteiger partial charge is 0.504 e. The predicted octanol–water partition coefficient (Wildman–Crippen LogP) is 3.53. The lowest BCUT2D eigenvalue weighted by Gasteiger charge is -2.29. The van der Waals surface area contributed by atoms with E-state index >= 15 is 0 Å². The molecule has 0 bridgehead atoms. The molecule has 2 aromatic carbocycles. The van der Waals surface area contributed by atoms with E-state index in [-0.39, 0.29) is 36.9 Å². The van der Waals surface area contributed by atoms with Crippen LogP contribution in [-0.2, 0) is 0 Å². The highest BCUT2D eigenvalue weighted by molar-refractivity contribution is 5.50. The summed E-state index contributed by atoms with van der Waals surface area (Å²) < 4.78 is 16.2. The standard InChI is InChI=1S/C20H24O5/c1-12(10-21)13(2)20(14-4-6-16(22)18(8-14)23-3)15-5-7-17-19(9-15)25-11-24-17/h4-9,12-13,20-22H,10-11H2,1-3H3/t12-,13-,20?/m0/s1. The summed E-state index contributed by atoms with van der Waals surface area (Å²) in [6, 6.07) is 11.3. The van der Waals surface area contributed by atoms with Gasteiger partial charge < -0.3 is 24.4 Å². The van der Waals surface area contributed by atoms with Crippen LogP contribution in [0, 0.1) is 11.8 Å². The lowest BCUT2D eigenvalue weighted by atomic mass is 9.76. The molecule has 3 rings (SSSR count). The van der Waals surface area contributed by atoms with Crippen LogP contribution in [0.4, 0.5) is 0 Å². The van der Waals surface area contributed by atoms with E-state index in [1.54, 1.807) is 6.07 Å². The van der Waals surface area contributed by atoms with Crippen LogP contribution < -0.4 is 14.2 Å². The fourth-order valence-electron chi connectivity index (χ4n) is 3.29. The van der Waals surface area contributed by atoms with Gasteiger partial charge in [-0.2, -0.15) is 0 Å². The Labute approximate surface area is 147 Å². The molecule has 0 aromatic heterocycles. The van der Waals surface area contributed by atoms with Gasteiger partial charge in [0.15, 0.2) is 23.0 Å². The van der Waals surface area contributed by atoms with E-state index < -0.39 is 0 Å². The van der Waals surface area contributed by atoms with E-state index in [9.17, 15) is 10.2 Å². The Morgan fingerprint density at radius 2 is 1.72 bits per heavy atom. The molecule has 1 aliphatic rings. The molecular weight excluding hydrogens is 320 g/mol. The van der Waals surface area contributed by atoms with E-state index in [0.717, 1.165) is 22.6 Å². The molecule has 25 heavy (non-hydrogen) atoms. The third-order valence-electron chi connectivity index (χ3n) is 5.03. The summed E-state index contributed by atoms with van der Waals surface area (Å²) in [5, 5.41) is 19.5. The zero-order valence-electron chi connectivity index (χ0n) is 14.7. The molecule has 3 atom stereocenters. The van der Waals surface area contributed by atoms with E-state index in [0.29, 0.717) is 5.75 Å². The number of methoxy groups -OCH3 is 1. The molecule has 0 spiro atoms. The van der Waals surface area contributed by atoms with Gasteiger partial charge in [0.05, 0.1) is 7.11 Å². The topological polar surface area (TPSA) is 68.2 Å². The van der Waals surface area contributed by atoms with Gasteiger partial charge >= 0.3 is 0 Å². The molecule has 2 aromatic rings. The number of aromatic hydroxyl groups is 1. The van der Waals surface area contributed by atoms with Crippen LogP contribution in [-0.4, -0.2) is 30.7 Å². The summed E-state index contributed by atoms with van der Waals surface area (Å²) >= 11 is 0. The number of phenolic OH excluding ortho intramolecular Hbond substituents is 1. The molecule has 1 aliphatic heterocycles. The first-order valence-corrected chi connectivity index (χ1v) is 8.42. The summed E-state index contributed by atoms with van der Waals surface area (Å²) in [6.45, 7) is 4.49. The number of aliphatic hydroxyl groups is 1. The number of benzene rings is 2. The fourth-order valence-corrected chi connectivity index (χ4v) is 3.29. The first kappa shape index (κ1) is 17.4. The van der Waals surface area contributed by atoms with Crippen LogP contribution in [0.1, 0.15) is 30.9 Å². The molecular formula is C20H24O5. The number of hydrogen-bond acceptors (Lipinski definition) is 5.